The lowest BCUT2D eigenvalue weighted by molar-refractivity contribution is -0.122. The van der Waals surface area contributed by atoms with E-state index in [0.717, 1.165) is 62.3 Å². The predicted octanol–water partition coefficient (Wildman–Crippen LogP) is 6.17. The highest BCUT2D eigenvalue weighted by Crippen LogP contribution is 2.40. The van der Waals surface area contributed by atoms with Gasteiger partial charge in [0.25, 0.3) is 0 Å². The minimum Gasteiger partial charge on any atom is -0.494 e. The van der Waals surface area contributed by atoms with Gasteiger partial charge in [0.15, 0.2) is 0 Å². The van der Waals surface area contributed by atoms with E-state index in [4.69, 9.17) is 4.74 Å². The zero-order valence-corrected chi connectivity index (χ0v) is 19.5. The van der Waals surface area contributed by atoms with Crippen LogP contribution in [0.15, 0.2) is 54.6 Å². The molecule has 1 heterocycles. The molecule has 0 unspecified atom stereocenters. The molecule has 0 radical (unpaired) electrons. The molecular formula is C28H38N2O2. The molecule has 172 valence electrons. The summed E-state index contributed by atoms with van der Waals surface area (Å²) in [5, 5.41) is 3.19. The van der Waals surface area contributed by atoms with E-state index in [1.54, 1.807) is 0 Å². The summed E-state index contributed by atoms with van der Waals surface area (Å²) in [5.74, 6) is 0.984. The Morgan fingerprint density at radius 1 is 1.00 bits per heavy atom. The molecule has 1 atom stereocenters. The Balaban J connectivity index is 1.30. The number of hydrogen-bond acceptors (Lipinski definition) is 3. The lowest BCUT2D eigenvalue weighted by Gasteiger charge is -2.36. The zero-order chi connectivity index (χ0) is 22.2. The van der Waals surface area contributed by atoms with E-state index in [-0.39, 0.29) is 5.91 Å². The van der Waals surface area contributed by atoms with Gasteiger partial charge in [0.05, 0.1) is 12.0 Å². The van der Waals surface area contributed by atoms with Gasteiger partial charge in [-0.15, -0.1) is 0 Å². The highest BCUT2D eigenvalue weighted by molar-refractivity contribution is 5.99. The first-order chi connectivity index (χ1) is 15.7. The summed E-state index contributed by atoms with van der Waals surface area (Å²) in [4.78, 5) is 16.0. The van der Waals surface area contributed by atoms with Gasteiger partial charge in [-0.25, -0.2) is 0 Å². The Morgan fingerprint density at radius 2 is 1.75 bits per heavy atom. The molecule has 4 heteroatoms. The van der Waals surface area contributed by atoms with Crippen LogP contribution < -0.4 is 10.1 Å². The second-order valence-electron chi connectivity index (χ2n) is 9.57. The lowest BCUT2D eigenvalue weighted by Crippen LogP contribution is -2.42. The molecule has 0 bridgehead atoms. The molecule has 32 heavy (non-hydrogen) atoms. The van der Waals surface area contributed by atoms with Crippen LogP contribution in [-0.4, -0.2) is 36.5 Å². The van der Waals surface area contributed by atoms with E-state index < -0.39 is 5.41 Å². The van der Waals surface area contributed by atoms with Crippen LogP contribution in [0.2, 0.25) is 0 Å². The van der Waals surface area contributed by atoms with Crippen molar-refractivity contribution in [3.05, 3.63) is 60.2 Å². The number of nitrogens with zero attached hydrogens (tertiary/aromatic N) is 1. The van der Waals surface area contributed by atoms with Crippen molar-refractivity contribution in [2.75, 3.05) is 25.0 Å². The van der Waals surface area contributed by atoms with Crippen molar-refractivity contribution < 1.29 is 9.53 Å². The summed E-state index contributed by atoms with van der Waals surface area (Å²) in [7, 11) is 0. The molecule has 1 N–H and O–H groups in total. The molecule has 0 spiro atoms. The maximum atomic E-state index is 13.4. The normalized spacial score (nSPS) is 21.1. The first-order valence-corrected chi connectivity index (χ1v) is 12.5. The minimum absolute atomic E-state index is 0.118. The van der Waals surface area contributed by atoms with Crippen molar-refractivity contribution in [3.63, 3.8) is 0 Å². The van der Waals surface area contributed by atoms with E-state index in [9.17, 15) is 4.79 Å². The molecule has 2 fully saturated rings. The first-order valence-electron chi connectivity index (χ1n) is 12.5. The van der Waals surface area contributed by atoms with E-state index in [0.29, 0.717) is 6.04 Å². The number of rotatable bonds is 8. The van der Waals surface area contributed by atoms with Crippen LogP contribution in [0.1, 0.15) is 70.3 Å². The predicted molar refractivity (Wildman–Crippen MR) is 131 cm³/mol. The topological polar surface area (TPSA) is 41.6 Å². The number of likely N-dealkylation sites (tertiary alicyclic amines) is 1. The molecule has 1 saturated heterocycles. The summed E-state index contributed by atoms with van der Waals surface area (Å²) in [6.45, 7) is 5.39. The summed E-state index contributed by atoms with van der Waals surface area (Å²) in [5.41, 5.74) is 1.56. The van der Waals surface area contributed by atoms with Crippen molar-refractivity contribution in [2.45, 2.75) is 76.2 Å². The van der Waals surface area contributed by atoms with Crippen LogP contribution in [0.25, 0.3) is 0 Å². The first kappa shape index (κ1) is 22.8. The van der Waals surface area contributed by atoms with Gasteiger partial charge < -0.3 is 15.0 Å². The highest BCUT2D eigenvalue weighted by Gasteiger charge is 2.41. The molecule has 2 aromatic carbocycles. The fourth-order valence-corrected chi connectivity index (χ4v) is 5.39. The molecule has 4 nitrogen and oxygen atoms in total. The van der Waals surface area contributed by atoms with E-state index in [2.05, 4.69) is 29.3 Å². The standard InChI is InChI=1S/C28H38N2O2/c1-23-11-6-9-20-30(23)21-10-22-32-26-16-14-25(15-17-26)29-27(31)28(18-7-3-8-19-28)24-12-4-2-5-13-24/h2,4-5,12-17,23H,3,6-11,18-22H2,1H3,(H,29,31)/t23-/m1/s1. The summed E-state index contributed by atoms with van der Waals surface area (Å²) in [6, 6.07) is 18.9. The number of nitrogens with one attached hydrogen (secondary N) is 1. The second-order valence-corrected chi connectivity index (χ2v) is 9.57. The largest absolute Gasteiger partial charge is 0.494 e. The van der Waals surface area contributed by atoms with Gasteiger partial charge in [0.2, 0.25) is 5.91 Å². The Labute approximate surface area is 193 Å². The third-order valence-electron chi connectivity index (χ3n) is 7.38. The van der Waals surface area contributed by atoms with Crippen LogP contribution in [0.5, 0.6) is 5.75 Å². The van der Waals surface area contributed by atoms with E-state index in [1.807, 2.05) is 42.5 Å². The lowest BCUT2D eigenvalue weighted by atomic mass is 9.68. The van der Waals surface area contributed by atoms with Crippen molar-refractivity contribution in [1.82, 2.24) is 4.90 Å². The summed E-state index contributed by atoms with van der Waals surface area (Å²) < 4.78 is 5.96. The molecule has 2 aromatic rings. The number of carbonyl (C=O) groups is 1. The third-order valence-corrected chi connectivity index (χ3v) is 7.38. The molecular weight excluding hydrogens is 396 g/mol. The fraction of sp³-hybridized carbons (Fsp3) is 0.536. The number of piperidine rings is 1. The summed E-state index contributed by atoms with van der Waals surface area (Å²) >= 11 is 0. The van der Waals surface area contributed by atoms with Gasteiger partial charge in [-0.3, -0.25) is 4.79 Å². The van der Waals surface area contributed by atoms with E-state index >= 15 is 0 Å². The number of carbonyl (C=O) groups excluding carboxylic acids is 1. The smallest absolute Gasteiger partial charge is 0.235 e. The molecule has 1 aliphatic carbocycles. The van der Waals surface area contributed by atoms with Gasteiger partial charge >= 0.3 is 0 Å². The van der Waals surface area contributed by atoms with E-state index in [1.165, 1.54) is 32.2 Å². The Morgan fingerprint density at radius 3 is 2.47 bits per heavy atom. The van der Waals surface area contributed by atoms with Gasteiger partial charge in [0.1, 0.15) is 5.75 Å². The fourth-order valence-electron chi connectivity index (χ4n) is 5.39. The maximum absolute atomic E-state index is 13.4. The average Bonchev–Trinajstić information content (AvgIpc) is 2.85. The number of ether oxygens (including phenoxy) is 1. The summed E-state index contributed by atoms with van der Waals surface area (Å²) in [6.07, 6.45) is 10.3. The monoisotopic (exact) mass is 434 g/mol. The van der Waals surface area contributed by atoms with Crippen LogP contribution >= 0.6 is 0 Å². The number of benzene rings is 2. The van der Waals surface area contributed by atoms with Gasteiger partial charge in [0, 0.05) is 18.3 Å². The molecule has 2 aliphatic rings. The molecule has 4 rings (SSSR count). The Bertz CT molecular complexity index is 843. The SMILES string of the molecule is C[C@@H]1CCCCN1CCCOc1ccc(NC(=O)C2(c3ccccc3)CCCCC2)cc1. The average molecular weight is 435 g/mol. The maximum Gasteiger partial charge on any atom is 0.235 e. The van der Waals surface area contributed by atoms with Gasteiger partial charge in [-0.2, -0.15) is 0 Å². The number of amides is 1. The van der Waals surface area contributed by atoms with Crippen LogP contribution in [0, 0.1) is 0 Å². The van der Waals surface area contributed by atoms with Crippen molar-refractivity contribution in [1.29, 1.82) is 0 Å². The molecule has 1 aliphatic heterocycles. The highest BCUT2D eigenvalue weighted by atomic mass is 16.5. The Kier molecular flexibility index (Phi) is 7.85. The number of hydrogen-bond donors (Lipinski definition) is 1. The number of anilines is 1. The molecule has 1 amide bonds. The van der Waals surface area contributed by atoms with Gasteiger partial charge in [-0.1, -0.05) is 56.0 Å². The van der Waals surface area contributed by atoms with Crippen LogP contribution in [0.4, 0.5) is 5.69 Å². The van der Waals surface area contributed by atoms with Crippen molar-refractivity contribution in [3.8, 4) is 5.75 Å². The quantitative estimate of drug-likeness (QED) is 0.505. The third kappa shape index (κ3) is 5.53. The van der Waals surface area contributed by atoms with Crippen molar-refractivity contribution in [2.24, 2.45) is 0 Å². The van der Waals surface area contributed by atoms with Gasteiger partial charge in [-0.05, 0) is 75.4 Å². The molecule has 0 aromatic heterocycles. The minimum atomic E-state index is -0.416. The zero-order valence-electron chi connectivity index (χ0n) is 19.5. The van der Waals surface area contributed by atoms with Crippen molar-refractivity contribution >= 4 is 11.6 Å². The van der Waals surface area contributed by atoms with Crippen LogP contribution in [-0.2, 0) is 10.2 Å². The van der Waals surface area contributed by atoms with Crippen LogP contribution in [0.3, 0.4) is 0 Å². The molecule has 1 saturated carbocycles. The second kappa shape index (κ2) is 11.0. The Hall–Kier alpha value is -2.33.